The quantitative estimate of drug-likeness (QED) is 0.444. The Hall–Kier alpha value is -0.300. The molecule has 1 heterocycles. The number of likely N-dealkylation sites (N-methyl/N-ethyl adjacent to an activating group) is 1. The van der Waals surface area contributed by atoms with E-state index in [0.29, 0.717) is 0 Å². The minimum Gasteiger partial charge on any atom is -0.302 e. The van der Waals surface area contributed by atoms with Crippen molar-refractivity contribution in [2.24, 2.45) is 5.92 Å². The molecule has 52 valence electrons. The fourth-order valence-corrected chi connectivity index (χ4v) is 1.19. The summed E-state index contributed by atoms with van der Waals surface area (Å²) in [6, 6.07) is 0. The standard InChI is InChI=1S/C8H15N/c1-7-4-5-9(3)6-8(7)2/h4,8H,5-6H2,1-3H3/t8-/m1/s1. The van der Waals surface area contributed by atoms with Gasteiger partial charge in [-0.05, 0) is 19.9 Å². The predicted molar refractivity (Wildman–Crippen MR) is 40.4 cm³/mol. The van der Waals surface area contributed by atoms with Crippen LogP contribution in [0.3, 0.4) is 0 Å². The second-order valence-corrected chi connectivity index (χ2v) is 3.07. The third-order valence-corrected chi connectivity index (χ3v) is 2.09. The van der Waals surface area contributed by atoms with Crippen molar-refractivity contribution in [2.45, 2.75) is 13.8 Å². The predicted octanol–water partition coefficient (Wildman–Crippen LogP) is 1.51. The van der Waals surface area contributed by atoms with Gasteiger partial charge in [0, 0.05) is 13.1 Å². The van der Waals surface area contributed by atoms with Crippen LogP contribution in [0.4, 0.5) is 0 Å². The van der Waals surface area contributed by atoms with Gasteiger partial charge in [0.05, 0.1) is 0 Å². The van der Waals surface area contributed by atoms with E-state index in [1.54, 1.807) is 5.57 Å². The molecule has 0 radical (unpaired) electrons. The van der Waals surface area contributed by atoms with Crippen molar-refractivity contribution in [2.75, 3.05) is 20.1 Å². The molecule has 9 heavy (non-hydrogen) atoms. The van der Waals surface area contributed by atoms with Crippen molar-refractivity contribution in [3.05, 3.63) is 11.6 Å². The molecule has 0 bridgehead atoms. The van der Waals surface area contributed by atoms with Gasteiger partial charge in [0.25, 0.3) is 0 Å². The molecule has 0 saturated carbocycles. The molecule has 0 amide bonds. The van der Waals surface area contributed by atoms with E-state index in [2.05, 4.69) is 31.9 Å². The van der Waals surface area contributed by atoms with Gasteiger partial charge in [-0.3, -0.25) is 0 Å². The van der Waals surface area contributed by atoms with Crippen LogP contribution in [0.25, 0.3) is 0 Å². The molecule has 1 aliphatic rings. The van der Waals surface area contributed by atoms with E-state index >= 15 is 0 Å². The van der Waals surface area contributed by atoms with Gasteiger partial charge in [0.2, 0.25) is 0 Å². The van der Waals surface area contributed by atoms with Crippen molar-refractivity contribution >= 4 is 0 Å². The molecule has 0 spiro atoms. The summed E-state index contributed by atoms with van der Waals surface area (Å²) in [5.41, 5.74) is 1.55. The Morgan fingerprint density at radius 3 is 2.78 bits per heavy atom. The van der Waals surface area contributed by atoms with Crippen molar-refractivity contribution in [3.63, 3.8) is 0 Å². The zero-order valence-electron chi connectivity index (χ0n) is 6.52. The monoisotopic (exact) mass is 125 g/mol. The van der Waals surface area contributed by atoms with Crippen molar-refractivity contribution in [3.8, 4) is 0 Å². The van der Waals surface area contributed by atoms with Gasteiger partial charge < -0.3 is 4.90 Å². The van der Waals surface area contributed by atoms with E-state index in [9.17, 15) is 0 Å². The molecular weight excluding hydrogens is 110 g/mol. The van der Waals surface area contributed by atoms with Gasteiger partial charge in [-0.2, -0.15) is 0 Å². The van der Waals surface area contributed by atoms with Crippen molar-refractivity contribution in [1.29, 1.82) is 0 Å². The molecule has 0 fully saturated rings. The normalized spacial score (nSPS) is 30.1. The first-order chi connectivity index (χ1) is 4.20. The lowest BCUT2D eigenvalue weighted by Crippen LogP contribution is -2.29. The van der Waals surface area contributed by atoms with Crippen molar-refractivity contribution in [1.82, 2.24) is 4.90 Å². The summed E-state index contributed by atoms with van der Waals surface area (Å²) in [5, 5.41) is 0. The minimum atomic E-state index is 0.767. The second kappa shape index (κ2) is 2.53. The SMILES string of the molecule is CC1=CCN(C)C[C@H]1C. The molecular formula is C8H15N. The van der Waals surface area contributed by atoms with Crippen LogP contribution >= 0.6 is 0 Å². The Bertz CT molecular complexity index is 127. The van der Waals surface area contributed by atoms with Gasteiger partial charge in [-0.1, -0.05) is 18.6 Å². The van der Waals surface area contributed by atoms with Crippen molar-refractivity contribution < 1.29 is 0 Å². The summed E-state index contributed by atoms with van der Waals surface area (Å²) < 4.78 is 0. The first-order valence-electron chi connectivity index (χ1n) is 3.55. The van der Waals surface area contributed by atoms with E-state index in [-0.39, 0.29) is 0 Å². The Labute approximate surface area is 57.4 Å². The van der Waals surface area contributed by atoms with Crippen LogP contribution in [0.1, 0.15) is 13.8 Å². The summed E-state index contributed by atoms with van der Waals surface area (Å²) in [6.45, 7) is 6.86. The average Bonchev–Trinajstić information content (AvgIpc) is 1.80. The second-order valence-electron chi connectivity index (χ2n) is 3.07. The summed E-state index contributed by atoms with van der Waals surface area (Å²) in [5.74, 6) is 0.767. The summed E-state index contributed by atoms with van der Waals surface area (Å²) in [4.78, 5) is 2.34. The molecule has 0 unspecified atom stereocenters. The third-order valence-electron chi connectivity index (χ3n) is 2.09. The highest BCUT2D eigenvalue weighted by Crippen LogP contribution is 2.14. The van der Waals surface area contributed by atoms with E-state index in [1.165, 1.54) is 6.54 Å². The van der Waals surface area contributed by atoms with E-state index in [0.717, 1.165) is 12.5 Å². The Morgan fingerprint density at radius 2 is 2.33 bits per heavy atom. The van der Waals surface area contributed by atoms with Crippen LogP contribution in [-0.2, 0) is 0 Å². The highest BCUT2D eigenvalue weighted by Gasteiger charge is 2.11. The minimum absolute atomic E-state index is 0.767. The maximum absolute atomic E-state index is 2.34. The Kier molecular flexibility index (Phi) is 1.91. The summed E-state index contributed by atoms with van der Waals surface area (Å²) in [7, 11) is 2.17. The zero-order valence-corrected chi connectivity index (χ0v) is 6.52. The van der Waals surface area contributed by atoms with Crippen LogP contribution in [0.15, 0.2) is 11.6 Å². The molecule has 0 aromatic carbocycles. The van der Waals surface area contributed by atoms with Crippen LogP contribution in [0.5, 0.6) is 0 Å². The maximum atomic E-state index is 2.34. The summed E-state index contributed by atoms with van der Waals surface area (Å²) >= 11 is 0. The molecule has 0 aromatic rings. The van der Waals surface area contributed by atoms with Gasteiger partial charge in [-0.25, -0.2) is 0 Å². The molecule has 1 aliphatic heterocycles. The maximum Gasteiger partial charge on any atom is 0.0163 e. The molecule has 0 N–H and O–H groups in total. The largest absolute Gasteiger partial charge is 0.302 e. The Balaban J connectivity index is 2.56. The molecule has 0 aromatic heterocycles. The molecule has 0 aliphatic carbocycles. The zero-order chi connectivity index (χ0) is 6.85. The molecule has 1 nitrogen and oxygen atoms in total. The fourth-order valence-electron chi connectivity index (χ4n) is 1.19. The van der Waals surface area contributed by atoms with Crippen LogP contribution < -0.4 is 0 Å². The van der Waals surface area contributed by atoms with Gasteiger partial charge in [-0.15, -0.1) is 0 Å². The first-order valence-corrected chi connectivity index (χ1v) is 3.55. The number of nitrogens with zero attached hydrogens (tertiary/aromatic N) is 1. The smallest absolute Gasteiger partial charge is 0.0163 e. The van der Waals surface area contributed by atoms with Crippen LogP contribution in [-0.4, -0.2) is 25.0 Å². The highest BCUT2D eigenvalue weighted by molar-refractivity contribution is 5.07. The molecule has 1 heteroatoms. The van der Waals surface area contributed by atoms with Gasteiger partial charge in [0.1, 0.15) is 0 Å². The molecule has 1 rings (SSSR count). The fraction of sp³-hybridized carbons (Fsp3) is 0.750. The molecule has 0 saturated heterocycles. The highest BCUT2D eigenvalue weighted by atomic mass is 15.1. The lowest BCUT2D eigenvalue weighted by atomic mass is 9.99. The lowest BCUT2D eigenvalue weighted by molar-refractivity contribution is 0.313. The van der Waals surface area contributed by atoms with Gasteiger partial charge in [0.15, 0.2) is 0 Å². The summed E-state index contributed by atoms with van der Waals surface area (Å²) in [6.07, 6.45) is 2.31. The van der Waals surface area contributed by atoms with Crippen LogP contribution in [0, 0.1) is 5.92 Å². The third kappa shape index (κ3) is 1.55. The number of rotatable bonds is 0. The van der Waals surface area contributed by atoms with E-state index < -0.39 is 0 Å². The molecule has 1 atom stereocenters. The number of hydrogen-bond donors (Lipinski definition) is 0. The van der Waals surface area contributed by atoms with Gasteiger partial charge >= 0.3 is 0 Å². The van der Waals surface area contributed by atoms with E-state index in [4.69, 9.17) is 0 Å². The van der Waals surface area contributed by atoms with Crippen LogP contribution in [0.2, 0.25) is 0 Å². The first kappa shape index (κ1) is 6.81. The number of hydrogen-bond acceptors (Lipinski definition) is 1. The van der Waals surface area contributed by atoms with E-state index in [1.807, 2.05) is 0 Å². The lowest BCUT2D eigenvalue weighted by Gasteiger charge is -2.25. The Morgan fingerprint density at radius 1 is 1.67 bits per heavy atom. The average molecular weight is 125 g/mol. The topological polar surface area (TPSA) is 3.24 Å².